The largest absolute Gasteiger partial charge is 0.489 e. The van der Waals surface area contributed by atoms with E-state index in [1.807, 2.05) is 143 Å². The van der Waals surface area contributed by atoms with Crippen molar-refractivity contribution in [2.45, 2.75) is 174 Å². The molecule has 0 radical (unpaired) electrons. The van der Waals surface area contributed by atoms with Crippen LogP contribution in [0.4, 0.5) is 22.0 Å². The maximum atomic E-state index is 13.5. The minimum absolute atomic E-state index is 0.0252. The van der Waals surface area contributed by atoms with Gasteiger partial charge in [0.05, 0.1) is 91.3 Å². The molecule has 20 aromatic rings. The van der Waals surface area contributed by atoms with Crippen molar-refractivity contribution in [1.82, 2.24) is 49.8 Å². The van der Waals surface area contributed by atoms with E-state index in [9.17, 15) is 45.9 Å². The molecule has 25 nitrogen and oxygen atoms in total. The second-order valence-corrected chi connectivity index (χ2v) is 36.7. The fraction of sp³-hybridized carbons (Fsp3) is 0.274. The first-order valence-corrected chi connectivity index (χ1v) is 49.3. The second-order valence-electron chi connectivity index (χ2n) is 36.7. The number of aromatic nitrogens is 5. The number of furan rings is 5. The standard InChI is InChI=1S/2C25H27FN2O3.2C23H23FN2O3.C21H19FN2O3/c1-6-15-13-28(7-2)22-19(30-14(3)4)12-18-21(25(29)27-5)23(31-24(18)20(15)22)16-8-10-17(26)11-9-16;1-6-27(5)25(29)21-19-14-20(30-15(3)4)22-18(12-13-28(22)7-2)24(19)31-23(21)16-8-10-17(26)11-9-16;1-5-13-11-26-20-17(28-12(2)3)10-16-19(23(27)25-4)21(29-22(16)18(13)20)14-6-8-15(24)9-7-14;1-5-26-11-10-16-20(26)18(28-13(2)3)12-17-19(23(27)25-4)21(29-22(16)17)14-6-8-15(24)9-7-14;1-11(2)26-16-10-15-17(21(25)23-3)19(12-4-6-13(22)7-5-12)27-20(15)14-8-9-24-18(14)16/h8-14H,6-7H2,1-5H3,(H,27,29);8-15H,6-7H2,1-5H3;6-12,26H,5H2,1-4H3,(H,25,27);6-13H,5H2,1-4H3,(H,25,27);4-11,24H,1-3H3,(H,23,25). The molecule has 5 amide bonds. The summed E-state index contributed by atoms with van der Waals surface area (Å²) in [5, 5.41) is 18.6. The van der Waals surface area contributed by atoms with Crippen LogP contribution in [0.15, 0.2) is 223 Å². The number of benzene rings is 10. The lowest BCUT2D eigenvalue weighted by molar-refractivity contribution is 0.0803. The summed E-state index contributed by atoms with van der Waals surface area (Å²) in [7, 11) is 8.06. The lowest BCUT2D eigenvalue weighted by Crippen LogP contribution is -2.26. The zero-order chi connectivity index (χ0) is 105. The van der Waals surface area contributed by atoms with E-state index in [1.54, 1.807) is 107 Å². The van der Waals surface area contributed by atoms with E-state index in [4.69, 9.17) is 45.8 Å². The summed E-state index contributed by atoms with van der Waals surface area (Å²) in [4.78, 5) is 72.7. The number of fused-ring (bicyclic) bond motifs is 15. The molecule has 10 heterocycles. The molecule has 20 rings (SSSR count). The summed E-state index contributed by atoms with van der Waals surface area (Å²) in [6.45, 7) is 34.8. The van der Waals surface area contributed by atoms with Crippen molar-refractivity contribution in [2.75, 3.05) is 41.8 Å². The van der Waals surface area contributed by atoms with Crippen LogP contribution in [0, 0.1) is 29.1 Å². The average molecular weight is 2000 g/mol. The summed E-state index contributed by atoms with van der Waals surface area (Å²) < 4.78 is 135. The van der Waals surface area contributed by atoms with E-state index in [2.05, 4.69) is 85.8 Å². The Morgan fingerprint density at radius 3 is 0.952 bits per heavy atom. The van der Waals surface area contributed by atoms with Gasteiger partial charge in [-0.2, -0.15) is 0 Å². The third kappa shape index (κ3) is 20.3. The molecule has 0 aliphatic rings. The van der Waals surface area contributed by atoms with E-state index in [1.165, 1.54) is 60.7 Å². The first kappa shape index (κ1) is 103. The third-order valence-electron chi connectivity index (χ3n) is 25.3. The summed E-state index contributed by atoms with van der Waals surface area (Å²) in [5.41, 5.74) is 15.0. The summed E-state index contributed by atoms with van der Waals surface area (Å²) >= 11 is 0. The number of aryl methyl sites for hydroxylation is 5. The van der Waals surface area contributed by atoms with Gasteiger partial charge in [0.15, 0.2) is 0 Å². The molecule has 0 aliphatic heterocycles. The van der Waals surface area contributed by atoms with Gasteiger partial charge in [0.2, 0.25) is 0 Å². The summed E-state index contributed by atoms with van der Waals surface area (Å²) in [6.07, 6.45) is 11.3. The first-order chi connectivity index (χ1) is 70.6. The van der Waals surface area contributed by atoms with Gasteiger partial charge in [0, 0.05) is 169 Å². The Labute approximate surface area is 845 Å². The van der Waals surface area contributed by atoms with Crippen molar-refractivity contribution < 1.29 is 91.7 Å². The van der Waals surface area contributed by atoms with Gasteiger partial charge < -0.3 is 95.6 Å². The van der Waals surface area contributed by atoms with E-state index in [0.717, 1.165) is 104 Å². The number of carbonyl (C=O) groups is 5. The number of aromatic amines is 2. The normalized spacial score (nSPS) is 11.5. The van der Waals surface area contributed by atoms with E-state index in [-0.39, 0.29) is 89.1 Å². The van der Waals surface area contributed by atoms with Crippen LogP contribution in [-0.4, -0.2) is 130 Å². The first-order valence-electron chi connectivity index (χ1n) is 49.3. The third-order valence-corrected chi connectivity index (χ3v) is 25.3. The van der Waals surface area contributed by atoms with Gasteiger partial charge in [-0.25, -0.2) is 22.0 Å². The SMILES string of the molecule is CCN(C)C(=O)c1c(-c2ccc(F)cc2)oc2c1cc(OC(C)C)c1c2ccn1CC.CCc1c[nH]c2c(OC(C)C)cc3c(C(=O)NC)c(-c4ccc(F)cc4)oc3c12.CCc1cn(CC)c2c(OC(C)C)cc3c(C(=O)NC)c(-c4ccc(F)cc4)oc3c12.CCn1ccc2c3oc(-c4ccc(F)cc4)c(C(=O)NC)c3cc(OC(C)C)c21.CNC(=O)c1c(-c2ccc(F)cc2)oc2c1cc(OC(C)C)c1[nH]ccc12. The topological polar surface area (TPSA) is 295 Å². The highest BCUT2D eigenvalue weighted by Gasteiger charge is 2.35. The fourth-order valence-corrected chi connectivity index (χ4v) is 18.6. The molecule has 147 heavy (non-hydrogen) atoms. The molecule has 762 valence electrons. The molecule has 30 heteroatoms. The molecule has 0 atom stereocenters. The zero-order valence-corrected chi connectivity index (χ0v) is 86.0. The number of nitrogens with zero attached hydrogens (tertiary/aromatic N) is 4. The highest BCUT2D eigenvalue weighted by Crippen LogP contribution is 2.50. The van der Waals surface area contributed by atoms with Crippen LogP contribution in [0.5, 0.6) is 28.7 Å². The zero-order valence-electron chi connectivity index (χ0n) is 86.0. The molecule has 0 bridgehead atoms. The Kier molecular flexibility index (Phi) is 30.7. The van der Waals surface area contributed by atoms with Gasteiger partial charge in [-0.15, -0.1) is 0 Å². The average Bonchev–Trinajstić information content (AvgIpc) is 1.46. The van der Waals surface area contributed by atoms with Gasteiger partial charge >= 0.3 is 0 Å². The van der Waals surface area contributed by atoms with Gasteiger partial charge in [0.1, 0.15) is 115 Å². The monoisotopic (exact) mass is 2000 g/mol. The van der Waals surface area contributed by atoms with Crippen molar-refractivity contribution in [3.63, 3.8) is 0 Å². The van der Waals surface area contributed by atoms with Gasteiger partial charge in [-0.1, -0.05) is 13.8 Å². The predicted octanol–water partition coefficient (Wildman–Crippen LogP) is 27.7. The van der Waals surface area contributed by atoms with Crippen molar-refractivity contribution in [1.29, 1.82) is 0 Å². The molecule has 0 unspecified atom stereocenters. The van der Waals surface area contributed by atoms with Crippen molar-refractivity contribution in [3.8, 4) is 85.4 Å². The minimum atomic E-state index is -0.350. The number of amides is 5. The number of halogens is 5. The van der Waals surface area contributed by atoms with Crippen LogP contribution < -0.4 is 45.0 Å². The van der Waals surface area contributed by atoms with E-state index < -0.39 is 0 Å². The quantitative estimate of drug-likeness (QED) is 0.0275. The Bertz CT molecular complexity index is 8260. The molecule has 0 saturated carbocycles. The molecule has 0 fully saturated rings. The minimum Gasteiger partial charge on any atom is -0.489 e. The maximum absolute atomic E-state index is 13.5. The number of hydrogen-bond acceptors (Lipinski definition) is 15. The highest BCUT2D eigenvalue weighted by molar-refractivity contribution is 6.23. The van der Waals surface area contributed by atoms with Crippen molar-refractivity contribution >= 4 is 139 Å². The fourth-order valence-electron chi connectivity index (χ4n) is 18.6. The van der Waals surface area contributed by atoms with Crippen LogP contribution in [0.25, 0.3) is 166 Å². The van der Waals surface area contributed by atoms with Gasteiger partial charge in [-0.05, 0) is 291 Å². The smallest absolute Gasteiger partial charge is 0.258 e. The van der Waals surface area contributed by atoms with E-state index in [0.29, 0.717) is 169 Å². The maximum Gasteiger partial charge on any atom is 0.258 e. The van der Waals surface area contributed by atoms with Crippen LogP contribution in [-0.2, 0) is 32.5 Å². The molecule has 0 aliphatic carbocycles. The van der Waals surface area contributed by atoms with Crippen LogP contribution in [0.2, 0.25) is 0 Å². The molecule has 10 aromatic carbocycles. The Morgan fingerprint density at radius 1 is 0.333 bits per heavy atom. The number of ether oxygens (including phenoxy) is 5. The molecule has 6 N–H and O–H groups in total. The predicted molar refractivity (Wildman–Crippen MR) is 569 cm³/mol. The van der Waals surface area contributed by atoms with Crippen LogP contribution in [0.1, 0.15) is 174 Å². The Morgan fingerprint density at radius 2 is 0.626 bits per heavy atom. The molecule has 10 aromatic heterocycles. The van der Waals surface area contributed by atoms with Crippen molar-refractivity contribution in [3.05, 3.63) is 269 Å². The molecular weight excluding hydrogens is 1880 g/mol. The number of hydrogen-bond donors (Lipinski definition) is 6. The summed E-state index contributed by atoms with van der Waals surface area (Å²) in [5.74, 6) is 2.56. The Hall–Kier alpha value is -16.4. The lowest BCUT2D eigenvalue weighted by atomic mass is 10.0. The van der Waals surface area contributed by atoms with Crippen LogP contribution >= 0.6 is 0 Å². The number of H-pyrrole nitrogens is 2. The number of rotatable bonds is 26. The molecule has 0 spiro atoms. The van der Waals surface area contributed by atoms with Crippen molar-refractivity contribution in [2.24, 2.45) is 0 Å². The highest BCUT2D eigenvalue weighted by atomic mass is 19.1. The summed E-state index contributed by atoms with van der Waals surface area (Å²) in [6, 6.07) is 44.9. The molecular formula is C117H119F5N10O15. The van der Waals surface area contributed by atoms with Gasteiger partial charge in [0.25, 0.3) is 29.5 Å². The molecule has 0 saturated heterocycles. The number of carbonyl (C=O) groups excluding carboxylic acids is 5. The lowest BCUT2D eigenvalue weighted by Gasteiger charge is -2.16. The van der Waals surface area contributed by atoms with E-state index >= 15 is 0 Å². The number of nitrogens with one attached hydrogen (secondary N) is 6. The Balaban J connectivity index is 0.000000131. The van der Waals surface area contributed by atoms with Gasteiger partial charge in [-0.3, -0.25) is 24.0 Å². The second kappa shape index (κ2) is 43.6. The van der Waals surface area contributed by atoms with Crippen LogP contribution in [0.3, 0.4) is 0 Å².